The first-order valence-corrected chi connectivity index (χ1v) is 19.7. The van der Waals surface area contributed by atoms with Gasteiger partial charge in [0.2, 0.25) is 0 Å². The minimum absolute atomic E-state index is 0.0910. The summed E-state index contributed by atoms with van der Waals surface area (Å²) < 4.78 is 0. The molecule has 3 heterocycles. The van der Waals surface area contributed by atoms with Crippen LogP contribution in [0.25, 0.3) is 32.7 Å². The zero-order chi connectivity index (χ0) is 37.4. The number of rotatable bonds is 4. The number of hydrogen-bond acceptors (Lipinski definition) is 2. The molecule has 0 spiro atoms. The predicted molar refractivity (Wildman–Crippen MR) is 233 cm³/mol. The van der Waals surface area contributed by atoms with Gasteiger partial charge in [0.15, 0.2) is 0 Å². The van der Waals surface area contributed by atoms with E-state index in [1.807, 2.05) is 0 Å². The first-order chi connectivity index (χ1) is 26.5. The summed E-state index contributed by atoms with van der Waals surface area (Å²) in [6, 6.07) is 59.0. The van der Waals surface area contributed by atoms with Crippen LogP contribution in [0.15, 0.2) is 158 Å². The molecule has 0 N–H and O–H groups in total. The van der Waals surface area contributed by atoms with Crippen molar-refractivity contribution in [3.05, 3.63) is 191 Å². The maximum atomic E-state index is 2.65. The first kappa shape index (κ1) is 32.3. The summed E-state index contributed by atoms with van der Waals surface area (Å²) >= 11 is 0. The highest BCUT2D eigenvalue weighted by atomic mass is 15.2. The van der Waals surface area contributed by atoms with E-state index in [4.69, 9.17) is 0 Å². The predicted octanol–water partition coefficient (Wildman–Crippen LogP) is 14.5. The summed E-state index contributed by atoms with van der Waals surface area (Å²) in [5.41, 5.74) is 18.2. The van der Waals surface area contributed by atoms with Gasteiger partial charge in [0.1, 0.15) is 0 Å². The minimum atomic E-state index is -0.174. The standard InChI is InChI=1S/C53H44N2/c1-51(2)41-20-13-22-43-48(41)55-49-42(51)21-14-23-44(49)53(5,6)46-32-37(31-45(50(46)55)52(43,3)4)35-25-26-36-30-39(28-27-34(36)29-35)54(38-17-8-7-9-18-38)47-24-12-16-33-15-10-11-19-40(33)47/h7-32H,1-6H3. The van der Waals surface area contributed by atoms with E-state index >= 15 is 0 Å². The zero-order valence-corrected chi connectivity index (χ0v) is 32.4. The number of benzene rings is 8. The topological polar surface area (TPSA) is 6.48 Å². The van der Waals surface area contributed by atoms with Crippen LogP contribution >= 0.6 is 0 Å². The summed E-state index contributed by atoms with van der Waals surface area (Å²) in [5, 5.41) is 4.93. The lowest BCUT2D eigenvalue weighted by Crippen LogP contribution is -2.43. The Labute approximate surface area is 324 Å². The normalized spacial score (nSPS) is 16.2. The SMILES string of the molecule is CC1(C)c2cccc3c2N2c4c1cccc4C(C)(C)c1cc(-c4ccc5cc(N(c6ccccc6)c6cccc7ccccc67)ccc5c4)cc(c12)C3(C)C. The molecule has 2 heteroatoms. The Morgan fingerprint density at radius 1 is 0.364 bits per heavy atom. The highest BCUT2D eigenvalue weighted by Crippen LogP contribution is 2.66. The fraction of sp³-hybridized carbons (Fsp3) is 0.170. The van der Waals surface area contributed by atoms with Gasteiger partial charge in [-0.15, -0.1) is 0 Å². The van der Waals surface area contributed by atoms with Crippen molar-refractivity contribution in [2.75, 3.05) is 9.80 Å². The van der Waals surface area contributed by atoms with Gasteiger partial charge in [0, 0.05) is 33.0 Å². The third-order valence-electron chi connectivity index (χ3n) is 13.3. The quantitative estimate of drug-likeness (QED) is 0.180. The van der Waals surface area contributed by atoms with Crippen LogP contribution in [-0.2, 0) is 16.2 Å². The molecule has 8 aromatic carbocycles. The lowest BCUT2D eigenvalue weighted by atomic mass is 9.60. The first-order valence-electron chi connectivity index (χ1n) is 19.7. The van der Waals surface area contributed by atoms with E-state index in [1.165, 1.54) is 88.8 Å². The Balaban J connectivity index is 1.08. The Hall–Kier alpha value is -6.12. The molecule has 55 heavy (non-hydrogen) atoms. The fourth-order valence-electron chi connectivity index (χ4n) is 10.3. The molecule has 8 aromatic rings. The zero-order valence-electron chi connectivity index (χ0n) is 32.4. The van der Waals surface area contributed by atoms with E-state index in [9.17, 15) is 0 Å². The average Bonchev–Trinajstić information content (AvgIpc) is 3.20. The number of para-hydroxylation sites is 3. The van der Waals surface area contributed by atoms with Gasteiger partial charge in [-0.05, 0) is 109 Å². The monoisotopic (exact) mass is 708 g/mol. The molecular weight excluding hydrogens is 665 g/mol. The van der Waals surface area contributed by atoms with Crippen molar-refractivity contribution in [3.63, 3.8) is 0 Å². The third-order valence-corrected chi connectivity index (χ3v) is 13.3. The van der Waals surface area contributed by atoms with E-state index < -0.39 is 0 Å². The molecular formula is C53H44N2. The molecule has 0 saturated heterocycles. The molecule has 0 saturated carbocycles. The van der Waals surface area contributed by atoms with Crippen LogP contribution in [0.3, 0.4) is 0 Å². The molecule has 0 amide bonds. The molecule has 11 rings (SSSR count). The van der Waals surface area contributed by atoms with E-state index in [2.05, 4.69) is 209 Å². The van der Waals surface area contributed by atoms with Crippen LogP contribution in [0.4, 0.5) is 34.1 Å². The Morgan fingerprint density at radius 2 is 0.873 bits per heavy atom. The third kappa shape index (κ3) is 4.31. The molecule has 0 unspecified atom stereocenters. The molecule has 0 fully saturated rings. The van der Waals surface area contributed by atoms with Crippen molar-refractivity contribution in [3.8, 4) is 11.1 Å². The number of fused-ring (bicyclic) bond motifs is 2. The van der Waals surface area contributed by atoms with Crippen LogP contribution in [-0.4, -0.2) is 0 Å². The van der Waals surface area contributed by atoms with Gasteiger partial charge in [0.25, 0.3) is 0 Å². The maximum absolute atomic E-state index is 2.65. The second kappa shape index (κ2) is 11.0. The number of anilines is 6. The summed E-state index contributed by atoms with van der Waals surface area (Å²) in [7, 11) is 0. The minimum Gasteiger partial charge on any atom is -0.310 e. The summed E-state index contributed by atoms with van der Waals surface area (Å²) in [6.07, 6.45) is 0. The van der Waals surface area contributed by atoms with Crippen LogP contribution < -0.4 is 9.80 Å². The smallest absolute Gasteiger partial charge is 0.0544 e. The van der Waals surface area contributed by atoms with Crippen molar-refractivity contribution < 1.29 is 0 Å². The average molecular weight is 709 g/mol. The highest BCUT2D eigenvalue weighted by molar-refractivity contribution is 6.02. The van der Waals surface area contributed by atoms with Gasteiger partial charge in [-0.1, -0.05) is 151 Å². The Morgan fingerprint density at radius 3 is 1.53 bits per heavy atom. The Bertz CT molecular complexity index is 2820. The summed E-state index contributed by atoms with van der Waals surface area (Å²) in [4.78, 5) is 5.05. The summed E-state index contributed by atoms with van der Waals surface area (Å²) in [5.74, 6) is 0. The van der Waals surface area contributed by atoms with Crippen LogP contribution in [0.1, 0.15) is 74.9 Å². The van der Waals surface area contributed by atoms with E-state index in [-0.39, 0.29) is 16.2 Å². The molecule has 266 valence electrons. The largest absolute Gasteiger partial charge is 0.310 e. The van der Waals surface area contributed by atoms with Crippen molar-refractivity contribution in [2.24, 2.45) is 0 Å². The van der Waals surface area contributed by atoms with Crippen LogP contribution in [0.2, 0.25) is 0 Å². The van der Waals surface area contributed by atoms with E-state index in [1.54, 1.807) is 0 Å². The van der Waals surface area contributed by atoms with Gasteiger partial charge in [-0.25, -0.2) is 0 Å². The van der Waals surface area contributed by atoms with E-state index in [0.717, 1.165) is 11.4 Å². The van der Waals surface area contributed by atoms with Gasteiger partial charge >= 0.3 is 0 Å². The molecule has 3 aliphatic heterocycles. The summed E-state index contributed by atoms with van der Waals surface area (Å²) in [6.45, 7) is 14.6. The lowest BCUT2D eigenvalue weighted by Gasteiger charge is -2.55. The second-order valence-corrected chi connectivity index (χ2v) is 17.4. The maximum Gasteiger partial charge on any atom is 0.0544 e. The van der Waals surface area contributed by atoms with E-state index in [0.29, 0.717) is 0 Å². The lowest BCUT2D eigenvalue weighted by molar-refractivity contribution is 0.567. The van der Waals surface area contributed by atoms with Gasteiger partial charge in [-0.2, -0.15) is 0 Å². The van der Waals surface area contributed by atoms with Gasteiger partial charge in [-0.3, -0.25) is 0 Å². The highest BCUT2D eigenvalue weighted by Gasteiger charge is 2.51. The molecule has 0 radical (unpaired) electrons. The second-order valence-electron chi connectivity index (χ2n) is 17.4. The van der Waals surface area contributed by atoms with Crippen LogP contribution in [0, 0.1) is 0 Å². The molecule has 2 nitrogen and oxygen atoms in total. The molecule has 3 aliphatic rings. The fourth-order valence-corrected chi connectivity index (χ4v) is 10.3. The van der Waals surface area contributed by atoms with Crippen LogP contribution in [0.5, 0.6) is 0 Å². The van der Waals surface area contributed by atoms with Gasteiger partial charge < -0.3 is 9.80 Å². The number of nitrogens with zero attached hydrogens (tertiary/aromatic N) is 2. The molecule has 0 atom stereocenters. The van der Waals surface area contributed by atoms with Crippen molar-refractivity contribution in [1.29, 1.82) is 0 Å². The number of hydrogen-bond donors (Lipinski definition) is 0. The molecule has 0 aliphatic carbocycles. The van der Waals surface area contributed by atoms with Gasteiger partial charge in [0.05, 0.1) is 22.7 Å². The molecule has 0 aromatic heterocycles. The van der Waals surface area contributed by atoms with Crippen molar-refractivity contribution in [1.82, 2.24) is 0 Å². The Kier molecular flexibility index (Phi) is 6.45. The molecule has 0 bridgehead atoms. The van der Waals surface area contributed by atoms with Crippen molar-refractivity contribution in [2.45, 2.75) is 57.8 Å². The van der Waals surface area contributed by atoms with Crippen molar-refractivity contribution >= 4 is 55.7 Å².